The second-order valence-electron chi connectivity index (χ2n) is 4.96. The van der Waals surface area contributed by atoms with Crippen LogP contribution in [0.1, 0.15) is 12.8 Å². The number of hydrogen-bond donors (Lipinski definition) is 0. The highest BCUT2D eigenvalue weighted by molar-refractivity contribution is 6.18. The van der Waals surface area contributed by atoms with Gasteiger partial charge in [0.2, 0.25) is 0 Å². The van der Waals surface area contributed by atoms with Crippen molar-refractivity contribution in [1.29, 1.82) is 0 Å². The zero-order chi connectivity index (χ0) is 13.5. The van der Waals surface area contributed by atoms with Crippen molar-refractivity contribution < 1.29 is 9.47 Å². The molecule has 0 aliphatic carbocycles. The summed E-state index contributed by atoms with van der Waals surface area (Å²) in [7, 11) is 1.67. The molecule has 1 aliphatic rings. The number of rotatable bonds is 6. The highest BCUT2D eigenvalue weighted by Gasteiger charge is 2.17. The van der Waals surface area contributed by atoms with E-state index in [9.17, 15) is 0 Å². The third kappa shape index (κ3) is 4.59. The van der Waals surface area contributed by atoms with Crippen molar-refractivity contribution in [2.75, 3.05) is 39.2 Å². The average molecular weight is 284 g/mol. The van der Waals surface area contributed by atoms with Gasteiger partial charge >= 0.3 is 0 Å². The first-order chi connectivity index (χ1) is 9.31. The number of halogens is 1. The third-order valence-corrected chi connectivity index (χ3v) is 4.10. The van der Waals surface area contributed by atoms with Crippen LogP contribution in [0, 0.1) is 5.92 Å². The highest BCUT2D eigenvalue weighted by Crippen LogP contribution is 2.19. The number of hydrogen-bond acceptors (Lipinski definition) is 3. The fourth-order valence-electron chi connectivity index (χ4n) is 2.33. The smallest absolute Gasteiger partial charge is 0.119 e. The first kappa shape index (κ1) is 14.5. The van der Waals surface area contributed by atoms with E-state index in [4.69, 9.17) is 21.1 Å². The minimum atomic E-state index is 0.709. The molecule has 1 saturated heterocycles. The summed E-state index contributed by atoms with van der Waals surface area (Å²) in [5, 5.41) is 0. The van der Waals surface area contributed by atoms with Crippen LogP contribution in [0.2, 0.25) is 0 Å². The van der Waals surface area contributed by atoms with Crippen molar-refractivity contribution in [1.82, 2.24) is 4.90 Å². The van der Waals surface area contributed by atoms with Crippen LogP contribution in [-0.4, -0.2) is 44.1 Å². The first-order valence-electron chi connectivity index (χ1n) is 6.87. The van der Waals surface area contributed by atoms with E-state index in [1.807, 2.05) is 24.3 Å². The molecular formula is C15H22ClNO2. The van der Waals surface area contributed by atoms with Gasteiger partial charge in [0, 0.05) is 12.4 Å². The van der Waals surface area contributed by atoms with E-state index in [-0.39, 0.29) is 0 Å². The van der Waals surface area contributed by atoms with E-state index >= 15 is 0 Å². The van der Waals surface area contributed by atoms with Gasteiger partial charge in [0.05, 0.1) is 7.11 Å². The maximum absolute atomic E-state index is 5.88. The van der Waals surface area contributed by atoms with Gasteiger partial charge < -0.3 is 9.47 Å². The number of benzene rings is 1. The molecule has 0 aromatic heterocycles. The molecule has 1 aromatic carbocycles. The Hall–Kier alpha value is -0.930. The van der Waals surface area contributed by atoms with Gasteiger partial charge in [-0.25, -0.2) is 0 Å². The average Bonchev–Trinajstić information content (AvgIpc) is 2.49. The number of nitrogens with zero attached hydrogens (tertiary/aromatic N) is 1. The summed E-state index contributed by atoms with van der Waals surface area (Å²) in [6.45, 7) is 4.01. The van der Waals surface area contributed by atoms with Gasteiger partial charge in [-0.1, -0.05) is 0 Å². The van der Waals surface area contributed by atoms with Crippen LogP contribution < -0.4 is 9.47 Å². The minimum absolute atomic E-state index is 0.709. The summed E-state index contributed by atoms with van der Waals surface area (Å²) >= 11 is 5.88. The van der Waals surface area contributed by atoms with Crippen LogP contribution in [0.4, 0.5) is 0 Å². The van der Waals surface area contributed by atoms with Gasteiger partial charge in [-0.05, 0) is 56.1 Å². The molecule has 0 bridgehead atoms. The van der Waals surface area contributed by atoms with Gasteiger partial charge in [0.25, 0.3) is 0 Å². The van der Waals surface area contributed by atoms with Crippen molar-refractivity contribution in [2.24, 2.45) is 5.92 Å². The van der Waals surface area contributed by atoms with Gasteiger partial charge in [-0.2, -0.15) is 0 Å². The van der Waals surface area contributed by atoms with Crippen LogP contribution in [0.15, 0.2) is 24.3 Å². The van der Waals surface area contributed by atoms with E-state index in [1.54, 1.807) is 7.11 Å². The lowest BCUT2D eigenvalue weighted by Gasteiger charge is -2.30. The molecule has 1 aromatic rings. The molecule has 0 saturated carbocycles. The Labute approximate surface area is 120 Å². The van der Waals surface area contributed by atoms with E-state index in [0.717, 1.165) is 43.6 Å². The van der Waals surface area contributed by atoms with Gasteiger partial charge in [0.15, 0.2) is 0 Å². The maximum atomic E-state index is 5.88. The molecule has 4 heteroatoms. The number of alkyl halides is 1. The molecule has 0 atom stereocenters. The summed E-state index contributed by atoms with van der Waals surface area (Å²) in [6, 6.07) is 7.72. The highest BCUT2D eigenvalue weighted by atomic mass is 35.5. The van der Waals surface area contributed by atoms with Crippen LogP contribution in [0.3, 0.4) is 0 Å². The molecular weight excluding hydrogens is 262 g/mol. The number of piperidine rings is 1. The molecule has 1 aliphatic heterocycles. The predicted octanol–water partition coefficient (Wildman–Crippen LogP) is 3.02. The molecule has 3 nitrogen and oxygen atoms in total. The molecule has 0 N–H and O–H groups in total. The molecule has 19 heavy (non-hydrogen) atoms. The Morgan fingerprint density at radius 3 is 2.37 bits per heavy atom. The Kier molecular flexibility index (Phi) is 5.80. The van der Waals surface area contributed by atoms with Crippen molar-refractivity contribution in [3.63, 3.8) is 0 Å². The maximum Gasteiger partial charge on any atom is 0.119 e. The fraction of sp³-hybridized carbons (Fsp3) is 0.600. The lowest BCUT2D eigenvalue weighted by atomic mass is 9.99. The van der Waals surface area contributed by atoms with Crippen LogP contribution in [0.25, 0.3) is 0 Å². The quantitative estimate of drug-likeness (QED) is 0.749. The second-order valence-corrected chi connectivity index (χ2v) is 5.27. The monoisotopic (exact) mass is 283 g/mol. The number of ether oxygens (including phenoxy) is 2. The molecule has 106 valence electrons. The summed E-state index contributed by atoms with van der Waals surface area (Å²) < 4.78 is 10.9. The lowest BCUT2D eigenvalue weighted by molar-refractivity contribution is 0.161. The van der Waals surface area contributed by atoms with Crippen LogP contribution in [-0.2, 0) is 0 Å². The number of methoxy groups -OCH3 is 1. The third-order valence-electron chi connectivity index (χ3n) is 3.66. The van der Waals surface area contributed by atoms with Gasteiger partial charge in [-0.3, -0.25) is 4.90 Å². The van der Waals surface area contributed by atoms with E-state index < -0.39 is 0 Å². The Balaban J connectivity index is 1.66. The Bertz CT molecular complexity index is 361. The molecule has 0 spiro atoms. The Morgan fingerprint density at radius 2 is 1.79 bits per heavy atom. The first-order valence-corrected chi connectivity index (χ1v) is 7.40. The standard InChI is InChI=1S/C15H22ClNO2/c1-18-14-2-4-15(5-3-14)19-11-10-17-8-6-13(12-16)7-9-17/h2-5,13H,6-12H2,1H3. The van der Waals surface area contributed by atoms with E-state index in [0.29, 0.717) is 5.92 Å². The van der Waals surface area contributed by atoms with Crippen molar-refractivity contribution in [3.05, 3.63) is 24.3 Å². The SMILES string of the molecule is COc1ccc(OCCN2CCC(CCl)CC2)cc1. The molecule has 1 heterocycles. The summed E-state index contributed by atoms with van der Waals surface area (Å²) in [6.07, 6.45) is 2.43. The second kappa shape index (κ2) is 7.61. The van der Waals surface area contributed by atoms with E-state index in [1.165, 1.54) is 12.8 Å². The van der Waals surface area contributed by atoms with Crippen molar-refractivity contribution in [3.8, 4) is 11.5 Å². The molecule has 0 radical (unpaired) electrons. The van der Waals surface area contributed by atoms with Gasteiger partial charge in [0.1, 0.15) is 18.1 Å². The molecule has 0 amide bonds. The molecule has 0 unspecified atom stereocenters. The summed E-state index contributed by atoms with van der Waals surface area (Å²) in [5.74, 6) is 3.27. The number of likely N-dealkylation sites (tertiary alicyclic amines) is 1. The summed E-state index contributed by atoms with van der Waals surface area (Å²) in [5.41, 5.74) is 0. The normalized spacial score (nSPS) is 17.4. The molecule has 1 fully saturated rings. The largest absolute Gasteiger partial charge is 0.497 e. The van der Waals surface area contributed by atoms with Crippen LogP contribution >= 0.6 is 11.6 Å². The summed E-state index contributed by atoms with van der Waals surface area (Å²) in [4.78, 5) is 2.45. The topological polar surface area (TPSA) is 21.7 Å². The fourth-order valence-corrected chi connectivity index (χ4v) is 2.64. The molecule has 2 rings (SSSR count). The zero-order valence-electron chi connectivity index (χ0n) is 11.5. The van der Waals surface area contributed by atoms with Crippen molar-refractivity contribution >= 4 is 11.6 Å². The van der Waals surface area contributed by atoms with E-state index in [2.05, 4.69) is 4.90 Å². The van der Waals surface area contributed by atoms with Gasteiger partial charge in [-0.15, -0.1) is 11.6 Å². The minimum Gasteiger partial charge on any atom is -0.497 e. The predicted molar refractivity (Wildman–Crippen MR) is 78.4 cm³/mol. The zero-order valence-corrected chi connectivity index (χ0v) is 12.2. The van der Waals surface area contributed by atoms with Crippen molar-refractivity contribution in [2.45, 2.75) is 12.8 Å². The van der Waals surface area contributed by atoms with Crippen LogP contribution in [0.5, 0.6) is 11.5 Å². The lowest BCUT2D eigenvalue weighted by Crippen LogP contribution is -2.36. The Morgan fingerprint density at radius 1 is 1.16 bits per heavy atom.